The van der Waals surface area contributed by atoms with Crippen molar-refractivity contribution in [2.45, 2.75) is 33.1 Å². The van der Waals surface area contributed by atoms with Crippen molar-refractivity contribution in [1.82, 2.24) is 15.0 Å². The minimum atomic E-state index is 0.190. The van der Waals surface area contributed by atoms with Gasteiger partial charge in [-0.15, -0.1) is 0 Å². The summed E-state index contributed by atoms with van der Waals surface area (Å²) in [5.74, 6) is 0.885. The normalized spacial score (nSPS) is 10.6. The van der Waals surface area contributed by atoms with Crippen LogP contribution in [0.3, 0.4) is 0 Å². The SMILES string of the molecule is CCCOc1nc(Cl)nc(C(C)C)n1. The number of halogens is 1. The Hall–Kier alpha value is -0.900. The third kappa shape index (κ3) is 3.10. The zero-order chi connectivity index (χ0) is 10.6. The molecule has 78 valence electrons. The third-order valence-corrected chi connectivity index (χ3v) is 1.73. The Labute approximate surface area is 88.7 Å². The molecule has 0 amide bonds. The summed E-state index contributed by atoms with van der Waals surface area (Å²) in [5, 5.41) is 0.190. The van der Waals surface area contributed by atoms with Crippen LogP contribution in [0.2, 0.25) is 5.28 Å². The van der Waals surface area contributed by atoms with Gasteiger partial charge >= 0.3 is 6.01 Å². The summed E-state index contributed by atoms with van der Waals surface area (Å²) >= 11 is 5.73. The topological polar surface area (TPSA) is 47.9 Å². The summed E-state index contributed by atoms with van der Waals surface area (Å²) in [7, 11) is 0. The van der Waals surface area contributed by atoms with Crippen LogP contribution < -0.4 is 4.74 Å². The molecule has 0 aromatic carbocycles. The Morgan fingerprint density at radius 3 is 2.57 bits per heavy atom. The van der Waals surface area contributed by atoms with Gasteiger partial charge in [0.25, 0.3) is 0 Å². The molecule has 0 aliphatic heterocycles. The van der Waals surface area contributed by atoms with Gasteiger partial charge in [-0.25, -0.2) is 4.98 Å². The molecule has 0 unspecified atom stereocenters. The molecule has 1 aromatic heterocycles. The van der Waals surface area contributed by atoms with Crippen molar-refractivity contribution < 1.29 is 4.74 Å². The van der Waals surface area contributed by atoms with Crippen LogP contribution in [0.25, 0.3) is 0 Å². The monoisotopic (exact) mass is 215 g/mol. The maximum atomic E-state index is 5.73. The Kier molecular flexibility index (Phi) is 4.07. The largest absolute Gasteiger partial charge is 0.463 e. The zero-order valence-corrected chi connectivity index (χ0v) is 9.38. The van der Waals surface area contributed by atoms with E-state index in [2.05, 4.69) is 15.0 Å². The van der Waals surface area contributed by atoms with Gasteiger partial charge in [0.1, 0.15) is 5.82 Å². The molecule has 14 heavy (non-hydrogen) atoms. The summed E-state index contributed by atoms with van der Waals surface area (Å²) in [6, 6.07) is 0.315. The summed E-state index contributed by atoms with van der Waals surface area (Å²) in [5.41, 5.74) is 0. The highest BCUT2D eigenvalue weighted by Crippen LogP contribution is 2.14. The standard InChI is InChI=1S/C9H14ClN3O/c1-4-5-14-9-12-7(6(2)3)11-8(10)13-9/h6H,4-5H2,1-3H3. The van der Waals surface area contributed by atoms with Crippen LogP contribution in [0, 0.1) is 0 Å². The van der Waals surface area contributed by atoms with E-state index in [-0.39, 0.29) is 11.2 Å². The van der Waals surface area contributed by atoms with Gasteiger partial charge in [-0.3, -0.25) is 0 Å². The molecule has 0 aliphatic carbocycles. The zero-order valence-electron chi connectivity index (χ0n) is 8.62. The second kappa shape index (κ2) is 5.10. The van der Waals surface area contributed by atoms with E-state index < -0.39 is 0 Å². The smallest absolute Gasteiger partial charge is 0.320 e. The maximum absolute atomic E-state index is 5.73. The fraction of sp³-hybridized carbons (Fsp3) is 0.667. The number of aromatic nitrogens is 3. The van der Waals surface area contributed by atoms with Crippen molar-refractivity contribution in [3.05, 3.63) is 11.1 Å². The Bertz CT molecular complexity index is 304. The van der Waals surface area contributed by atoms with E-state index in [4.69, 9.17) is 16.3 Å². The highest BCUT2D eigenvalue weighted by molar-refractivity contribution is 6.28. The second-order valence-electron chi connectivity index (χ2n) is 3.25. The molecule has 0 bridgehead atoms. The van der Waals surface area contributed by atoms with Crippen LogP contribution >= 0.6 is 11.6 Å². The molecule has 0 fully saturated rings. The minimum absolute atomic E-state index is 0.190. The van der Waals surface area contributed by atoms with Crippen LogP contribution in [0.4, 0.5) is 0 Å². The third-order valence-electron chi connectivity index (χ3n) is 1.56. The fourth-order valence-electron chi connectivity index (χ4n) is 0.863. The quantitative estimate of drug-likeness (QED) is 0.774. The minimum Gasteiger partial charge on any atom is -0.463 e. The van der Waals surface area contributed by atoms with Gasteiger partial charge in [0.05, 0.1) is 6.61 Å². The van der Waals surface area contributed by atoms with Gasteiger partial charge in [-0.2, -0.15) is 9.97 Å². The molecule has 0 atom stereocenters. The average Bonchev–Trinajstić information content (AvgIpc) is 2.14. The van der Waals surface area contributed by atoms with Gasteiger partial charge in [-0.1, -0.05) is 20.8 Å². The van der Waals surface area contributed by atoms with Gasteiger partial charge < -0.3 is 4.74 Å². The van der Waals surface area contributed by atoms with Crippen molar-refractivity contribution >= 4 is 11.6 Å². The first-order valence-corrected chi connectivity index (χ1v) is 5.05. The number of nitrogens with zero attached hydrogens (tertiary/aromatic N) is 3. The van der Waals surface area contributed by atoms with E-state index >= 15 is 0 Å². The molecule has 4 nitrogen and oxygen atoms in total. The van der Waals surface area contributed by atoms with E-state index in [0.29, 0.717) is 18.4 Å². The molecule has 1 heterocycles. The van der Waals surface area contributed by atoms with E-state index in [0.717, 1.165) is 6.42 Å². The fourth-order valence-corrected chi connectivity index (χ4v) is 1.02. The number of hydrogen-bond acceptors (Lipinski definition) is 4. The first kappa shape index (κ1) is 11.2. The lowest BCUT2D eigenvalue weighted by Gasteiger charge is -2.06. The molecule has 0 N–H and O–H groups in total. The van der Waals surface area contributed by atoms with E-state index in [1.54, 1.807) is 0 Å². The van der Waals surface area contributed by atoms with Crippen LogP contribution in [0.15, 0.2) is 0 Å². The van der Waals surface area contributed by atoms with Crippen LogP contribution in [0.1, 0.15) is 38.9 Å². The lowest BCUT2D eigenvalue weighted by atomic mass is 10.2. The first-order valence-electron chi connectivity index (χ1n) is 4.67. The number of hydrogen-bond donors (Lipinski definition) is 0. The molecular weight excluding hydrogens is 202 g/mol. The number of rotatable bonds is 4. The molecule has 1 aromatic rings. The van der Waals surface area contributed by atoms with Crippen molar-refractivity contribution in [3.8, 4) is 6.01 Å². The summed E-state index contributed by atoms with van der Waals surface area (Å²) in [6.07, 6.45) is 0.917. The molecule has 0 spiro atoms. The van der Waals surface area contributed by atoms with Gasteiger partial charge in [0.2, 0.25) is 5.28 Å². The molecule has 0 saturated carbocycles. The predicted molar refractivity (Wildman–Crippen MR) is 54.7 cm³/mol. The van der Waals surface area contributed by atoms with Crippen LogP contribution in [-0.4, -0.2) is 21.6 Å². The van der Waals surface area contributed by atoms with Crippen molar-refractivity contribution in [3.63, 3.8) is 0 Å². The van der Waals surface area contributed by atoms with Gasteiger partial charge in [-0.05, 0) is 18.0 Å². The lowest BCUT2D eigenvalue weighted by molar-refractivity contribution is 0.289. The van der Waals surface area contributed by atoms with Crippen molar-refractivity contribution in [2.75, 3.05) is 6.61 Å². The number of ether oxygens (including phenoxy) is 1. The lowest BCUT2D eigenvalue weighted by Crippen LogP contribution is -2.05. The second-order valence-corrected chi connectivity index (χ2v) is 3.59. The van der Waals surface area contributed by atoms with Gasteiger partial charge in [0.15, 0.2) is 0 Å². The van der Waals surface area contributed by atoms with Crippen LogP contribution in [0.5, 0.6) is 6.01 Å². The molecular formula is C9H14ClN3O. The van der Waals surface area contributed by atoms with E-state index in [9.17, 15) is 0 Å². The molecule has 0 radical (unpaired) electrons. The predicted octanol–water partition coefficient (Wildman–Crippen LogP) is 2.44. The molecule has 0 aliphatic rings. The van der Waals surface area contributed by atoms with E-state index in [1.165, 1.54) is 0 Å². The first-order chi connectivity index (χ1) is 6.63. The summed E-state index contributed by atoms with van der Waals surface area (Å²) in [4.78, 5) is 12.0. The Morgan fingerprint density at radius 2 is 2.00 bits per heavy atom. The Morgan fingerprint density at radius 1 is 1.29 bits per heavy atom. The molecule has 1 rings (SSSR count). The molecule has 0 saturated heterocycles. The highest BCUT2D eigenvalue weighted by atomic mass is 35.5. The van der Waals surface area contributed by atoms with Crippen LogP contribution in [-0.2, 0) is 0 Å². The Balaban J connectivity index is 2.84. The van der Waals surface area contributed by atoms with Crippen molar-refractivity contribution in [1.29, 1.82) is 0 Å². The van der Waals surface area contributed by atoms with Crippen molar-refractivity contribution in [2.24, 2.45) is 0 Å². The van der Waals surface area contributed by atoms with Gasteiger partial charge in [0, 0.05) is 5.92 Å². The highest BCUT2D eigenvalue weighted by Gasteiger charge is 2.08. The molecule has 5 heteroatoms. The summed E-state index contributed by atoms with van der Waals surface area (Å²) < 4.78 is 5.28. The summed E-state index contributed by atoms with van der Waals surface area (Å²) in [6.45, 7) is 6.61. The van der Waals surface area contributed by atoms with E-state index in [1.807, 2.05) is 20.8 Å². The average molecular weight is 216 g/mol. The maximum Gasteiger partial charge on any atom is 0.320 e.